The summed E-state index contributed by atoms with van der Waals surface area (Å²) in [6, 6.07) is 9.37. The molecule has 0 bridgehead atoms. The fraction of sp³-hybridized carbons (Fsp3) is 0.360. The summed E-state index contributed by atoms with van der Waals surface area (Å²) in [7, 11) is 0. The zero-order valence-corrected chi connectivity index (χ0v) is 20.7. The van der Waals surface area contributed by atoms with Crippen molar-refractivity contribution in [2.75, 3.05) is 16.8 Å². The van der Waals surface area contributed by atoms with Crippen LogP contribution in [0.1, 0.15) is 51.1 Å². The molecule has 4 aromatic heterocycles. The number of anilines is 3. The Kier molecular flexibility index (Phi) is 6.13. The Morgan fingerprint density at radius 3 is 2.78 bits per heavy atom. The zero-order valence-electron chi connectivity index (χ0n) is 20.7. The highest BCUT2D eigenvalue weighted by molar-refractivity contribution is 5.75. The van der Waals surface area contributed by atoms with Crippen LogP contribution < -0.4 is 10.2 Å². The number of ether oxygens (including phenoxy) is 1. The molecule has 5 rings (SSSR count). The lowest BCUT2D eigenvalue weighted by Gasteiger charge is -2.23. The van der Waals surface area contributed by atoms with E-state index in [1.807, 2.05) is 52.0 Å². The standard InChI is InChI=1S/C25H28N8O3/c1-16-14-21(29-22-27-11-13-33(22)24(34)35-25(2,3)4)30-23(28-16)32-12-7-9-19(32)20-15-18(31-36-20)17-8-5-6-10-26-17/h5-6,8,10-11,13-15,19H,7,9,12H2,1-4H3,(H,27,28,29,30)/t19-/m0/s1. The minimum atomic E-state index is -0.626. The van der Waals surface area contributed by atoms with Crippen LogP contribution in [-0.4, -0.2) is 47.9 Å². The van der Waals surface area contributed by atoms with Gasteiger partial charge in [0.2, 0.25) is 11.9 Å². The molecule has 11 nitrogen and oxygen atoms in total. The molecule has 36 heavy (non-hydrogen) atoms. The summed E-state index contributed by atoms with van der Waals surface area (Å²) < 4.78 is 12.5. The Morgan fingerprint density at radius 2 is 2.00 bits per heavy atom. The topological polar surface area (TPSA) is 124 Å². The maximum Gasteiger partial charge on any atom is 0.421 e. The van der Waals surface area contributed by atoms with Crippen LogP contribution >= 0.6 is 0 Å². The van der Waals surface area contributed by atoms with E-state index in [2.05, 4.69) is 30.3 Å². The Morgan fingerprint density at radius 1 is 1.14 bits per heavy atom. The Bertz CT molecular complexity index is 1360. The number of carbonyl (C=O) groups is 1. The van der Waals surface area contributed by atoms with Crippen molar-refractivity contribution in [3.63, 3.8) is 0 Å². The molecule has 1 saturated heterocycles. The number of aryl methyl sites for hydroxylation is 1. The first kappa shape index (κ1) is 23.5. The number of carbonyl (C=O) groups excluding carboxylic acids is 1. The van der Waals surface area contributed by atoms with Gasteiger partial charge >= 0.3 is 6.09 Å². The average molecular weight is 489 g/mol. The third-order valence-electron chi connectivity index (χ3n) is 5.61. The molecule has 0 unspecified atom stereocenters. The van der Waals surface area contributed by atoms with Crippen molar-refractivity contribution in [2.24, 2.45) is 0 Å². The number of nitrogens with zero attached hydrogens (tertiary/aromatic N) is 7. The highest BCUT2D eigenvalue weighted by atomic mass is 16.6. The van der Waals surface area contributed by atoms with Crippen molar-refractivity contribution >= 4 is 23.8 Å². The normalized spacial score (nSPS) is 15.8. The number of aromatic nitrogens is 6. The van der Waals surface area contributed by atoms with Crippen LogP contribution in [0.5, 0.6) is 0 Å². The molecule has 1 aliphatic rings. The van der Waals surface area contributed by atoms with Crippen LogP contribution in [0.3, 0.4) is 0 Å². The van der Waals surface area contributed by atoms with Gasteiger partial charge in [-0.25, -0.2) is 19.3 Å². The van der Waals surface area contributed by atoms with Gasteiger partial charge in [0.1, 0.15) is 17.1 Å². The van der Waals surface area contributed by atoms with Gasteiger partial charge in [-0.2, -0.15) is 4.98 Å². The fourth-order valence-electron chi connectivity index (χ4n) is 4.10. The second-order valence-corrected chi connectivity index (χ2v) is 9.60. The SMILES string of the molecule is Cc1cc(Nc2nccn2C(=O)OC(C)(C)C)nc(N2CCC[C@H]2c2cc(-c3ccccn3)no2)n1. The molecule has 0 spiro atoms. The Hall–Kier alpha value is -4.28. The molecule has 5 heterocycles. The first-order valence-electron chi connectivity index (χ1n) is 11.8. The van der Waals surface area contributed by atoms with Gasteiger partial charge in [0.25, 0.3) is 0 Å². The zero-order chi connectivity index (χ0) is 25.3. The molecule has 1 atom stereocenters. The van der Waals surface area contributed by atoms with Crippen LogP contribution in [0, 0.1) is 6.92 Å². The molecule has 1 N–H and O–H groups in total. The van der Waals surface area contributed by atoms with E-state index in [0.29, 0.717) is 23.4 Å². The quantitative estimate of drug-likeness (QED) is 0.415. The van der Waals surface area contributed by atoms with Crippen molar-refractivity contribution < 1.29 is 14.1 Å². The van der Waals surface area contributed by atoms with E-state index in [4.69, 9.17) is 14.2 Å². The van der Waals surface area contributed by atoms with Crippen LogP contribution in [0.15, 0.2) is 53.4 Å². The van der Waals surface area contributed by atoms with Crippen molar-refractivity contribution in [3.8, 4) is 11.4 Å². The van der Waals surface area contributed by atoms with Crippen LogP contribution in [-0.2, 0) is 4.74 Å². The van der Waals surface area contributed by atoms with E-state index >= 15 is 0 Å². The summed E-state index contributed by atoms with van der Waals surface area (Å²) >= 11 is 0. The molecule has 0 amide bonds. The molecule has 1 aliphatic heterocycles. The van der Waals surface area contributed by atoms with E-state index in [9.17, 15) is 4.79 Å². The fourth-order valence-corrected chi connectivity index (χ4v) is 4.10. The molecule has 0 aromatic carbocycles. The number of nitrogens with one attached hydrogen (secondary N) is 1. The van der Waals surface area contributed by atoms with Gasteiger partial charge in [-0.3, -0.25) is 4.98 Å². The van der Waals surface area contributed by atoms with Crippen LogP contribution in [0.4, 0.5) is 22.5 Å². The third kappa shape index (κ3) is 5.04. The maximum absolute atomic E-state index is 12.6. The molecule has 11 heteroatoms. The number of pyridine rings is 1. The summed E-state index contributed by atoms with van der Waals surface area (Å²) in [4.78, 5) is 32.7. The average Bonchev–Trinajstić information content (AvgIpc) is 3.58. The van der Waals surface area contributed by atoms with Crippen molar-refractivity contribution in [2.45, 2.75) is 52.2 Å². The lowest BCUT2D eigenvalue weighted by molar-refractivity contribution is 0.0540. The molecule has 0 aliphatic carbocycles. The highest BCUT2D eigenvalue weighted by Crippen LogP contribution is 2.36. The van der Waals surface area contributed by atoms with Crippen LogP contribution in [0.25, 0.3) is 11.4 Å². The number of rotatable bonds is 5. The maximum atomic E-state index is 12.6. The van der Waals surface area contributed by atoms with Gasteiger partial charge in [0, 0.05) is 43.0 Å². The largest absolute Gasteiger partial charge is 0.443 e. The number of hydrogen-bond donors (Lipinski definition) is 1. The molecule has 0 saturated carbocycles. The summed E-state index contributed by atoms with van der Waals surface area (Å²) in [5, 5.41) is 7.36. The van der Waals surface area contributed by atoms with E-state index in [-0.39, 0.29) is 6.04 Å². The van der Waals surface area contributed by atoms with Gasteiger partial charge in [-0.05, 0) is 52.7 Å². The first-order chi connectivity index (χ1) is 17.3. The summed E-state index contributed by atoms with van der Waals surface area (Å²) in [6.07, 6.45) is 6.13. The van der Waals surface area contributed by atoms with Gasteiger partial charge in [-0.1, -0.05) is 11.2 Å². The highest BCUT2D eigenvalue weighted by Gasteiger charge is 2.32. The predicted molar refractivity (Wildman–Crippen MR) is 133 cm³/mol. The molecule has 4 aromatic rings. The van der Waals surface area contributed by atoms with Crippen molar-refractivity contribution in [1.29, 1.82) is 0 Å². The lowest BCUT2D eigenvalue weighted by atomic mass is 10.1. The van der Waals surface area contributed by atoms with Gasteiger partial charge in [0.05, 0.1) is 11.7 Å². The molecule has 1 fully saturated rings. The van der Waals surface area contributed by atoms with E-state index in [1.165, 1.54) is 10.8 Å². The summed E-state index contributed by atoms with van der Waals surface area (Å²) in [5.74, 6) is 2.13. The molecule has 0 radical (unpaired) electrons. The molecule has 186 valence electrons. The lowest BCUT2D eigenvalue weighted by Crippen LogP contribution is -2.27. The third-order valence-corrected chi connectivity index (χ3v) is 5.61. The number of imidazole rings is 1. The minimum Gasteiger partial charge on any atom is -0.443 e. The van der Waals surface area contributed by atoms with E-state index < -0.39 is 11.7 Å². The van der Waals surface area contributed by atoms with Crippen molar-refractivity contribution in [1.82, 2.24) is 29.7 Å². The second kappa shape index (κ2) is 9.40. The van der Waals surface area contributed by atoms with Crippen molar-refractivity contribution in [3.05, 3.63) is 60.4 Å². The van der Waals surface area contributed by atoms with E-state index in [1.54, 1.807) is 18.5 Å². The first-order valence-corrected chi connectivity index (χ1v) is 11.8. The Balaban J connectivity index is 1.38. The van der Waals surface area contributed by atoms with E-state index in [0.717, 1.165) is 36.5 Å². The molecular weight excluding hydrogens is 460 g/mol. The van der Waals surface area contributed by atoms with Gasteiger partial charge in [-0.15, -0.1) is 0 Å². The van der Waals surface area contributed by atoms with Gasteiger partial charge < -0.3 is 19.5 Å². The minimum absolute atomic E-state index is 0.0478. The monoisotopic (exact) mass is 488 g/mol. The van der Waals surface area contributed by atoms with Crippen LogP contribution in [0.2, 0.25) is 0 Å². The summed E-state index contributed by atoms with van der Waals surface area (Å²) in [6.45, 7) is 8.12. The number of hydrogen-bond acceptors (Lipinski definition) is 10. The smallest absolute Gasteiger partial charge is 0.421 e. The molecular formula is C25H28N8O3. The predicted octanol–water partition coefficient (Wildman–Crippen LogP) is 4.90. The second-order valence-electron chi connectivity index (χ2n) is 9.60. The summed E-state index contributed by atoms with van der Waals surface area (Å²) in [5.41, 5.74) is 1.60. The Labute approximate surface area is 208 Å². The van der Waals surface area contributed by atoms with Gasteiger partial charge in [0.15, 0.2) is 5.76 Å².